The summed E-state index contributed by atoms with van der Waals surface area (Å²) < 4.78 is 6.75. The zero-order valence-electron chi connectivity index (χ0n) is 14.4. The van der Waals surface area contributed by atoms with Gasteiger partial charge in [-0.15, -0.1) is 23.1 Å². The monoisotopic (exact) mass is 497 g/mol. The normalized spacial score (nSPS) is 21.7. The molecule has 1 aliphatic carbocycles. The van der Waals surface area contributed by atoms with Crippen molar-refractivity contribution in [3.05, 3.63) is 27.3 Å². The number of rotatable bonds is 9. The van der Waals surface area contributed by atoms with Crippen molar-refractivity contribution in [1.82, 2.24) is 4.90 Å². The smallest absolute Gasteiger partial charge is 0.209 e. The summed E-state index contributed by atoms with van der Waals surface area (Å²) in [4.78, 5) is 13.4. The van der Waals surface area contributed by atoms with Gasteiger partial charge in [0.25, 0.3) is 0 Å². The van der Waals surface area contributed by atoms with Gasteiger partial charge >= 0.3 is 0 Å². The van der Waals surface area contributed by atoms with Crippen LogP contribution in [0.3, 0.4) is 0 Å². The molecule has 6 nitrogen and oxygen atoms in total. The minimum atomic E-state index is -0.725. The molecule has 1 heterocycles. The number of hydrazone groups is 1. The third kappa shape index (κ3) is 7.22. The SMILES string of the molecule is CC1CCCC(CSCN(CC=IO[NH+]=O)/C(=N\N)c2cccs2)C1. The van der Waals surface area contributed by atoms with Gasteiger partial charge in [0.15, 0.2) is 5.84 Å². The van der Waals surface area contributed by atoms with Crippen molar-refractivity contribution in [3.63, 3.8) is 0 Å². The summed E-state index contributed by atoms with van der Waals surface area (Å²) in [6, 6.07) is 4.03. The van der Waals surface area contributed by atoms with Crippen molar-refractivity contribution in [2.24, 2.45) is 22.8 Å². The Bertz CT molecular complexity index is 568. The molecule has 2 unspecified atom stereocenters. The highest BCUT2D eigenvalue weighted by molar-refractivity contribution is 14.2. The second-order valence-electron chi connectivity index (χ2n) is 6.19. The summed E-state index contributed by atoms with van der Waals surface area (Å²) in [6.07, 6.45) is 5.43. The first kappa shape index (κ1) is 20.6. The van der Waals surface area contributed by atoms with Gasteiger partial charge in [-0.25, -0.2) is 0 Å². The van der Waals surface area contributed by atoms with E-state index in [0.29, 0.717) is 6.54 Å². The molecule has 2 rings (SSSR count). The van der Waals surface area contributed by atoms with E-state index in [1.54, 1.807) is 11.3 Å². The lowest BCUT2D eigenvalue weighted by Gasteiger charge is -2.28. The summed E-state index contributed by atoms with van der Waals surface area (Å²) in [7, 11) is 0. The number of nitrogens with two attached hydrogens (primary N) is 1. The lowest BCUT2D eigenvalue weighted by molar-refractivity contribution is -0.704. The molecule has 0 bridgehead atoms. The Morgan fingerprint density at radius 2 is 2.52 bits per heavy atom. The van der Waals surface area contributed by atoms with Gasteiger partial charge in [-0.1, -0.05) is 25.8 Å². The zero-order chi connectivity index (χ0) is 17.9. The molecule has 3 N–H and O–H groups in total. The maximum atomic E-state index is 10.2. The molecule has 25 heavy (non-hydrogen) atoms. The van der Waals surface area contributed by atoms with Crippen molar-refractivity contribution < 1.29 is 8.51 Å². The van der Waals surface area contributed by atoms with Crippen LogP contribution in [0.25, 0.3) is 0 Å². The van der Waals surface area contributed by atoms with E-state index in [4.69, 9.17) is 9.01 Å². The molecule has 0 saturated heterocycles. The summed E-state index contributed by atoms with van der Waals surface area (Å²) in [5.41, 5.74) is 0. The van der Waals surface area contributed by atoms with Gasteiger partial charge in [0.2, 0.25) is 26.5 Å². The van der Waals surface area contributed by atoms with Gasteiger partial charge in [0.1, 0.15) is 0 Å². The molecule has 1 aromatic rings. The van der Waals surface area contributed by atoms with Gasteiger partial charge in [0, 0.05) is 10.6 Å². The number of amidine groups is 1. The molecule has 0 aromatic carbocycles. The minimum absolute atomic E-state index is 0.678. The fourth-order valence-electron chi connectivity index (χ4n) is 3.11. The Hall–Kier alpha value is -0.680. The average Bonchev–Trinajstić information content (AvgIpc) is 3.13. The Balaban J connectivity index is 1.92. The summed E-state index contributed by atoms with van der Waals surface area (Å²) in [5, 5.41) is 7.54. The lowest BCUT2D eigenvalue weighted by Crippen LogP contribution is -2.59. The first-order chi connectivity index (χ1) is 12.2. The molecule has 140 valence electrons. The number of thiophene rings is 1. The van der Waals surface area contributed by atoms with Crippen molar-refractivity contribution in [1.29, 1.82) is 0 Å². The van der Waals surface area contributed by atoms with Gasteiger partial charge in [-0.05, 0) is 41.9 Å². The van der Waals surface area contributed by atoms with Crippen molar-refractivity contribution >= 4 is 54.1 Å². The van der Waals surface area contributed by atoms with Crippen LogP contribution in [0.5, 0.6) is 0 Å². The number of nitrogens with zero attached hydrogens (tertiary/aromatic N) is 2. The predicted octanol–water partition coefficient (Wildman–Crippen LogP) is 2.65. The Labute approximate surface area is 167 Å². The first-order valence-electron chi connectivity index (χ1n) is 8.37. The minimum Gasteiger partial charge on any atom is -0.341 e. The van der Waals surface area contributed by atoms with E-state index in [0.717, 1.165) is 28.4 Å². The molecule has 1 aliphatic rings. The van der Waals surface area contributed by atoms with E-state index in [-0.39, 0.29) is 0 Å². The molecule has 0 spiro atoms. The van der Waals surface area contributed by atoms with E-state index < -0.39 is 21.1 Å². The standard InChI is InChI=1S/C16H26IN4O2S2/c1-13-4-2-5-14(10-13)11-24-12-21(8-7-17-23-20-22)16(19-18)15-6-3-9-25-15/h3,6-7,9,13-14,20H,2,4-5,8,10-12,18H2,1H3/q+1/b19-16-. The highest BCUT2D eigenvalue weighted by Crippen LogP contribution is 2.31. The first-order valence-corrected chi connectivity index (χ1v) is 12.5. The maximum Gasteiger partial charge on any atom is 0.209 e. The summed E-state index contributed by atoms with van der Waals surface area (Å²) >= 11 is 2.85. The van der Waals surface area contributed by atoms with Crippen LogP contribution in [0, 0.1) is 16.7 Å². The molecule has 0 aliphatic heterocycles. The van der Waals surface area contributed by atoms with Crippen LogP contribution in [0.2, 0.25) is 0 Å². The second kappa shape index (κ2) is 11.8. The Kier molecular flexibility index (Phi) is 9.77. The van der Waals surface area contributed by atoms with Crippen LogP contribution in [0.15, 0.2) is 22.6 Å². The van der Waals surface area contributed by atoms with Crippen LogP contribution >= 0.6 is 44.2 Å². The highest BCUT2D eigenvalue weighted by atomic mass is 127. The molecular formula is C16H26IN4O2S2+. The van der Waals surface area contributed by atoms with E-state index in [1.165, 1.54) is 36.8 Å². The molecule has 2 atom stereocenters. The van der Waals surface area contributed by atoms with Crippen LogP contribution in [-0.2, 0) is 3.17 Å². The molecule has 9 heteroatoms. The van der Waals surface area contributed by atoms with Crippen LogP contribution in [0.4, 0.5) is 0 Å². The number of halogens is 1. The Morgan fingerprint density at radius 1 is 1.64 bits per heavy atom. The summed E-state index contributed by atoms with van der Waals surface area (Å²) in [5.74, 6) is 10.2. The molecule has 1 saturated carbocycles. The van der Waals surface area contributed by atoms with E-state index in [1.807, 2.05) is 33.3 Å². The molecule has 0 radical (unpaired) electrons. The number of hydrogen-bond donors (Lipinski definition) is 2. The second-order valence-corrected chi connectivity index (χ2v) is 9.97. The fraction of sp³-hybridized carbons (Fsp3) is 0.625. The fourth-order valence-corrected chi connectivity index (χ4v) is 5.97. The topological polar surface area (TPSA) is 81.9 Å². The van der Waals surface area contributed by atoms with Crippen LogP contribution in [0.1, 0.15) is 37.5 Å². The third-order valence-corrected chi connectivity index (χ3v) is 7.49. The van der Waals surface area contributed by atoms with Gasteiger partial charge < -0.3 is 10.7 Å². The predicted molar refractivity (Wildman–Crippen MR) is 116 cm³/mol. The van der Waals surface area contributed by atoms with Crippen molar-refractivity contribution in [3.8, 4) is 0 Å². The average molecular weight is 497 g/mol. The molecule has 1 fully saturated rings. The van der Waals surface area contributed by atoms with Crippen molar-refractivity contribution in [2.75, 3.05) is 18.2 Å². The van der Waals surface area contributed by atoms with E-state index in [2.05, 4.69) is 16.9 Å². The van der Waals surface area contributed by atoms with Gasteiger partial charge in [-0.2, -0.15) is 8.27 Å². The van der Waals surface area contributed by atoms with E-state index >= 15 is 0 Å². The third-order valence-electron chi connectivity index (χ3n) is 4.24. The Morgan fingerprint density at radius 3 is 3.20 bits per heavy atom. The quantitative estimate of drug-likeness (QED) is 0.137. The van der Waals surface area contributed by atoms with Gasteiger partial charge in [-0.3, -0.25) is 0 Å². The van der Waals surface area contributed by atoms with Crippen LogP contribution in [-0.4, -0.2) is 32.9 Å². The zero-order valence-corrected chi connectivity index (χ0v) is 18.2. The van der Waals surface area contributed by atoms with Crippen molar-refractivity contribution in [2.45, 2.75) is 32.6 Å². The number of hydrogen-bond acceptors (Lipinski definition) is 6. The van der Waals surface area contributed by atoms with Gasteiger partial charge in [0.05, 0.1) is 15.7 Å². The summed E-state index contributed by atoms with van der Waals surface area (Å²) in [6.45, 7) is 3.04. The highest BCUT2D eigenvalue weighted by Gasteiger charge is 2.20. The number of nitrogens with one attached hydrogen (secondary N) is 1. The molecule has 0 amide bonds. The molecule has 1 aromatic heterocycles. The van der Waals surface area contributed by atoms with E-state index in [9.17, 15) is 4.91 Å². The lowest BCUT2D eigenvalue weighted by atomic mass is 9.83. The van der Waals surface area contributed by atoms with Crippen LogP contribution < -0.4 is 11.2 Å². The largest absolute Gasteiger partial charge is 0.341 e. The molecular weight excluding hydrogens is 471 g/mol. The number of thioether (sulfide) groups is 1. The maximum absolute atomic E-state index is 10.2.